The van der Waals surface area contributed by atoms with Crippen LogP contribution in [0.4, 0.5) is 0 Å². The highest BCUT2D eigenvalue weighted by Gasteiger charge is 2.56. The van der Waals surface area contributed by atoms with Gasteiger partial charge in [0.1, 0.15) is 0 Å². The molecule has 9 aliphatic rings. The van der Waals surface area contributed by atoms with Gasteiger partial charge in [-0.15, -0.1) is 11.6 Å². The van der Waals surface area contributed by atoms with Gasteiger partial charge < -0.3 is 0 Å². The lowest BCUT2D eigenvalue weighted by Crippen LogP contribution is -2.62. The second kappa shape index (κ2) is 11.6. The Hall–Kier alpha value is 0.450. The van der Waals surface area contributed by atoms with Gasteiger partial charge in [-0.1, -0.05) is 54.5 Å². The Bertz CT molecular complexity index is 990. The van der Waals surface area contributed by atoms with Crippen molar-refractivity contribution in [2.45, 2.75) is 149 Å². The van der Waals surface area contributed by atoms with Gasteiger partial charge in [-0.2, -0.15) is 0 Å². The molecule has 4 aliphatic carbocycles. The van der Waals surface area contributed by atoms with Crippen LogP contribution in [-0.4, -0.2) is 59.5 Å². The topological polar surface area (TPSA) is 96.2 Å². The van der Waals surface area contributed by atoms with E-state index in [0.29, 0.717) is 83.2 Å². The van der Waals surface area contributed by atoms with Crippen LogP contribution in [0.5, 0.6) is 0 Å². The summed E-state index contributed by atoms with van der Waals surface area (Å²) in [5.41, 5.74) is 0. The molecule has 18 atom stereocenters. The van der Waals surface area contributed by atoms with E-state index in [2.05, 4.69) is 58.5 Å². The van der Waals surface area contributed by atoms with Gasteiger partial charge >= 0.3 is 0 Å². The van der Waals surface area contributed by atoms with E-state index in [1.54, 1.807) is 0 Å². The predicted octanol–water partition coefficient (Wildman–Crippen LogP) is 3.20. The molecule has 236 valence electrons. The van der Waals surface area contributed by atoms with Crippen molar-refractivity contribution < 1.29 is 0 Å². The third-order valence-corrected chi connectivity index (χ3v) is 15.8. The largest absolute Gasteiger partial charge is 0.286 e. The summed E-state index contributed by atoms with van der Waals surface area (Å²) in [6, 6.07) is 0. The van der Waals surface area contributed by atoms with Gasteiger partial charge in [0.05, 0.1) is 54.7 Å². The third-order valence-electron chi connectivity index (χ3n) is 13.9. The van der Waals surface area contributed by atoms with Gasteiger partial charge in [-0.3, -0.25) is 42.5 Å². The molecular weight excluding hydrogens is 612 g/mol. The lowest BCUT2D eigenvalue weighted by Gasteiger charge is -2.39. The summed E-state index contributed by atoms with van der Waals surface area (Å²) < 4.78 is 0. The van der Waals surface area contributed by atoms with Crippen molar-refractivity contribution in [2.24, 2.45) is 47.3 Å². The maximum Gasteiger partial charge on any atom is 0.0643 e. The van der Waals surface area contributed by atoms with Crippen molar-refractivity contribution in [3.8, 4) is 0 Å². The number of rotatable bonds is 0. The van der Waals surface area contributed by atoms with E-state index < -0.39 is 0 Å². The molecule has 8 nitrogen and oxygen atoms in total. The Kier molecular flexibility index (Phi) is 7.92. The van der Waals surface area contributed by atoms with E-state index >= 15 is 0 Å². The summed E-state index contributed by atoms with van der Waals surface area (Å²) in [5.74, 6) is 5.15. The minimum Gasteiger partial charge on any atom is -0.286 e. The predicted molar refractivity (Wildman–Crippen MR) is 170 cm³/mol. The highest BCUT2D eigenvalue weighted by molar-refractivity contribution is 9.09. The molecule has 0 aromatic rings. The Balaban J connectivity index is 1.06. The molecule has 10 heteroatoms. The first-order chi connectivity index (χ1) is 20.6. The van der Waals surface area contributed by atoms with Crippen LogP contribution in [-0.2, 0) is 0 Å². The van der Waals surface area contributed by atoms with Crippen molar-refractivity contribution in [3.63, 3.8) is 0 Å². The molecule has 0 spiro atoms. The minimum absolute atomic E-state index is 0.136. The zero-order valence-corrected chi connectivity index (χ0v) is 27.4. The van der Waals surface area contributed by atoms with Crippen molar-refractivity contribution in [1.29, 1.82) is 0 Å². The standard InChI is InChI=1S/C32H54BrClN8/c33-22-14-13-21-23(24(22)34)32-41-30-20-12-6-5-11-19(20)28(39-30)37-26-16-8-2-1-7-15(16)25(35-26)36-27-17-9-3-4-10-18(17)29(38-27)40-31(21)42-32/h15-32,35-42H,1-14H2. The quantitative estimate of drug-likeness (QED) is 0.187. The first-order valence-electron chi connectivity index (χ1n) is 18.0. The lowest BCUT2D eigenvalue weighted by atomic mass is 9.76. The van der Waals surface area contributed by atoms with E-state index in [9.17, 15) is 0 Å². The molecule has 0 radical (unpaired) electrons. The molecular formula is C32H54BrClN8. The van der Waals surface area contributed by atoms with Crippen LogP contribution in [0.2, 0.25) is 0 Å². The molecule has 9 fully saturated rings. The molecule has 0 aromatic carbocycles. The van der Waals surface area contributed by atoms with E-state index in [4.69, 9.17) is 11.6 Å². The fourth-order valence-electron chi connectivity index (χ4n) is 11.9. The van der Waals surface area contributed by atoms with E-state index in [1.807, 2.05) is 0 Å². The lowest BCUT2D eigenvalue weighted by molar-refractivity contribution is 0.169. The second-order valence-corrected chi connectivity index (χ2v) is 17.5. The maximum absolute atomic E-state index is 7.30. The Morgan fingerprint density at radius 1 is 0.357 bits per heavy atom. The molecule has 8 N–H and O–H groups in total. The Labute approximate surface area is 266 Å². The van der Waals surface area contributed by atoms with Crippen molar-refractivity contribution in [1.82, 2.24) is 42.5 Å². The molecule has 18 unspecified atom stereocenters. The van der Waals surface area contributed by atoms with Crippen molar-refractivity contribution in [2.75, 3.05) is 0 Å². The van der Waals surface area contributed by atoms with Crippen LogP contribution in [0.3, 0.4) is 0 Å². The monoisotopic (exact) mass is 664 g/mol. The fraction of sp³-hybridized carbons (Fsp3) is 1.00. The average molecular weight is 666 g/mol. The summed E-state index contributed by atoms with van der Waals surface area (Å²) in [7, 11) is 0. The smallest absolute Gasteiger partial charge is 0.0643 e. The highest BCUT2D eigenvalue weighted by atomic mass is 79.9. The second-order valence-electron chi connectivity index (χ2n) is 15.8. The molecule has 5 heterocycles. The van der Waals surface area contributed by atoms with Crippen LogP contribution in [0.1, 0.15) is 89.9 Å². The normalized spacial score (nSPS) is 59.0. The third kappa shape index (κ3) is 4.81. The van der Waals surface area contributed by atoms with Gasteiger partial charge in [0.25, 0.3) is 0 Å². The van der Waals surface area contributed by atoms with Gasteiger partial charge in [0, 0.05) is 10.7 Å². The Morgan fingerprint density at radius 2 is 0.643 bits per heavy atom. The molecule has 0 amide bonds. The van der Waals surface area contributed by atoms with Crippen LogP contribution in [0, 0.1) is 47.3 Å². The fourth-order valence-corrected chi connectivity index (χ4v) is 13.0. The number of hydrogen-bond acceptors (Lipinski definition) is 8. The Morgan fingerprint density at radius 3 is 0.976 bits per heavy atom. The number of hydrogen-bond donors (Lipinski definition) is 8. The summed E-state index contributed by atoms with van der Waals surface area (Å²) in [4.78, 5) is 0.388. The zero-order valence-electron chi connectivity index (χ0n) is 25.0. The van der Waals surface area contributed by atoms with Gasteiger partial charge in [-0.25, -0.2) is 0 Å². The van der Waals surface area contributed by atoms with Crippen LogP contribution >= 0.6 is 27.5 Å². The summed E-state index contributed by atoms with van der Waals surface area (Å²) >= 11 is 11.3. The first-order valence-corrected chi connectivity index (χ1v) is 19.3. The molecule has 5 saturated heterocycles. The maximum atomic E-state index is 7.30. The van der Waals surface area contributed by atoms with Gasteiger partial charge in [0.15, 0.2) is 0 Å². The minimum atomic E-state index is 0.136. The SMILES string of the molecule is ClC1C(Br)CCC2C3NC4NC(NC5NC(NC6NC(NC(N3)C12)C1CCCCC61)C1CCCCC51)C1CCCCC41. The van der Waals surface area contributed by atoms with E-state index in [-0.39, 0.29) is 17.7 Å². The number of fused-ring (bicyclic) bond motifs is 20. The summed E-state index contributed by atoms with van der Waals surface area (Å²) in [5, 5.41) is 33.7. The molecule has 9 rings (SSSR count). The van der Waals surface area contributed by atoms with Crippen LogP contribution < -0.4 is 42.5 Å². The zero-order chi connectivity index (χ0) is 27.9. The number of halogens is 2. The van der Waals surface area contributed by atoms with Crippen molar-refractivity contribution in [3.05, 3.63) is 0 Å². The average Bonchev–Trinajstić information content (AvgIpc) is 3.74. The van der Waals surface area contributed by atoms with E-state index in [1.165, 1.54) is 83.5 Å². The highest BCUT2D eigenvalue weighted by Crippen LogP contribution is 2.47. The van der Waals surface area contributed by atoms with Gasteiger partial charge in [0.2, 0.25) is 0 Å². The molecule has 0 aromatic heterocycles. The molecule has 5 aliphatic heterocycles. The number of nitrogens with one attached hydrogen (secondary N) is 8. The molecule has 8 bridgehead atoms. The summed E-state index contributed by atoms with van der Waals surface area (Å²) in [6.45, 7) is 0. The van der Waals surface area contributed by atoms with Crippen molar-refractivity contribution >= 4 is 27.5 Å². The number of alkyl halides is 2. The summed E-state index contributed by atoms with van der Waals surface area (Å²) in [6.07, 6.45) is 21.4. The van der Waals surface area contributed by atoms with Crippen LogP contribution in [0.25, 0.3) is 0 Å². The van der Waals surface area contributed by atoms with E-state index in [0.717, 1.165) is 12.3 Å². The first kappa shape index (κ1) is 28.7. The molecule has 42 heavy (non-hydrogen) atoms. The molecule has 4 saturated carbocycles. The van der Waals surface area contributed by atoms with Crippen LogP contribution in [0.15, 0.2) is 0 Å². The van der Waals surface area contributed by atoms with Gasteiger partial charge in [-0.05, 0) is 92.8 Å².